The van der Waals surface area contributed by atoms with E-state index in [0.717, 1.165) is 10.7 Å². The average Bonchev–Trinajstić information content (AvgIpc) is 3.15. The van der Waals surface area contributed by atoms with Gasteiger partial charge in [-0.05, 0) is 24.6 Å². The van der Waals surface area contributed by atoms with Crippen LogP contribution in [0.25, 0.3) is 0 Å². The molecular formula is C19H18ClFN2O2S. The highest BCUT2D eigenvalue weighted by atomic mass is 35.5. The Labute approximate surface area is 160 Å². The van der Waals surface area contributed by atoms with Crippen molar-refractivity contribution in [3.8, 4) is 11.5 Å². The van der Waals surface area contributed by atoms with Crippen LogP contribution in [0.1, 0.15) is 18.1 Å². The molecule has 1 aromatic heterocycles. The van der Waals surface area contributed by atoms with Crippen LogP contribution in [0.3, 0.4) is 0 Å². The van der Waals surface area contributed by atoms with Crippen LogP contribution in [-0.2, 0) is 13.2 Å². The van der Waals surface area contributed by atoms with Crippen LogP contribution < -0.4 is 14.8 Å². The van der Waals surface area contributed by atoms with Gasteiger partial charge in [0.15, 0.2) is 16.6 Å². The van der Waals surface area contributed by atoms with Crippen molar-refractivity contribution in [2.24, 2.45) is 0 Å². The highest BCUT2D eigenvalue weighted by molar-refractivity contribution is 7.13. The van der Waals surface area contributed by atoms with E-state index in [-0.39, 0.29) is 12.4 Å². The summed E-state index contributed by atoms with van der Waals surface area (Å²) in [5.74, 6) is 0.753. The number of nitrogens with zero attached hydrogens (tertiary/aromatic N) is 1. The molecule has 0 saturated carbocycles. The molecule has 3 rings (SSSR count). The van der Waals surface area contributed by atoms with Crippen molar-refractivity contribution in [2.75, 3.05) is 11.9 Å². The fraction of sp³-hybridized carbons (Fsp3) is 0.211. The van der Waals surface area contributed by atoms with Crippen LogP contribution in [0, 0.1) is 5.82 Å². The SMILES string of the molecule is CCOc1cc(CNc2nccs2)c(Cl)cc1OCc1ccccc1F. The van der Waals surface area contributed by atoms with Gasteiger partial charge >= 0.3 is 0 Å². The minimum atomic E-state index is -0.305. The number of nitrogens with one attached hydrogen (secondary N) is 1. The first-order chi connectivity index (χ1) is 12.7. The van der Waals surface area contributed by atoms with Gasteiger partial charge in [-0.25, -0.2) is 9.37 Å². The molecule has 0 amide bonds. The number of rotatable bonds is 8. The summed E-state index contributed by atoms with van der Waals surface area (Å²) in [6.45, 7) is 2.99. The van der Waals surface area contributed by atoms with Crippen LogP contribution in [0.4, 0.5) is 9.52 Å². The molecule has 2 aromatic carbocycles. The van der Waals surface area contributed by atoms with Gasteiger partial charge in [0.2, 0.25) is 0 Å². The van der Waals surface area contributed by atoms with E-state index in [0.29, 0.717) is 35.2 Å². The molecule has 0 aliphatic carbocycles. The third kappa shape index (κ3) is 4.65. The minimum absolute atomic E-state index is 0.0970. The largest absolute Gasteiger partial charge is 0.490 e. The summed E-state index contributed by atoms with van der Waals surface area (Å²) in [5.41, 5.74) is 1.34. The second-order valence-corrected chi connectivity index (χ2v) is 6.70. The molecule has 0 aliphatic rings. The topological polar surface area (TPSA) is 43.4 Å². The van der Waals surface area contributed by atoms with Crippen molar-refractivity contribution >= 4 is 28.1 Å². The summed E-state index contributed by atoms with van der Waals surface area (Å²) < 4.78 is 25.2. The van der Waals surface area contributed by atoms with E-state index in [1.807, 2.05) is 18.4 Å². The van der Waals surface area contributed by atoms with Crippen molar-refractivity contribution in [1.82, 2.24) is 4.98 Å². The minimum Gasteiger partial charge on any atom is -0.490 e. The van der Waals surface area contributed by atoms with Gasteiger partial charge in [-0.1, -0.05) is 29.8 Å². The van der Waals surface area contributed by atoms with Crippen molar-refractivity contribution in [1.29, 1.82) is 0 Å². The molecular weight excluding hydrogens is 375 g/mol. The molecule has 0 unspecified atom stereocenters. The second-order valence-electron chi connectivity index (χ2n) is 5.39. The molecule has 0 spiro atoms. The van der Waals surface area contributed by atoms with Crippen molar-refractivity contribution in [3.63, 3.8) is 0 Å². The molecule has 0 atom stereocenters. The van der Waals surface area contributed by atoms with Gasteiger partial charge in [-0.3, -0.25) is 0 Å². The molecule has 0 bridgehead atoms. The van der Waals surface area contributed by atoms with E-state index in [1.165, 1.54) is 17.4 Å². The monoisotopic (exact) mass is 392 g/mol. The van der Waals surface area contributed by atoms with Gasteiger partial charge in [-0.15, -0.1) is 11.3 Å². The number of aromatic nitrogens is 1. The Balaban J connectivity index is 1.76. The molecule has 1 N–H and O–H groups in total. The molecule has 3 aromatic rings. The molecule has 0 radical (unpaired) electrons. The Bertz CT molecular complexity index is 859. The summed E-state index contributed by atoms with van der Waals surface area (Å²) in [7, 11) is 0. The first-order valence-electron chi connectivity index (χ1n) is 8.12. The van der Waals surface area contributed by atoms with Gasteiger partial charge in [-0.2, -0.15) is 0 Å². The maximum Gasteiger partial charge on any atom is 0.182 e. The Hall–Kier alpha value is -2.31. The number of benzene rings is 2. The van der Waals surface area contributed by atoms with Crippen LogP contribution >= 0.6 is 22.9 Å². The lowest BCUT2D eigenvalue weighted by Gasteiger charge is -2.15. The van der Waals surface area contributed by atoms with Gasteiger partial charge in [0.25, 0.3) is 0 Å². The Morgan fingerprint density at radius 2 is 1.96 bits per heavy atom. The third-order valence-electron chi connectivity index (χ3n) is 3.62. The second kappa shape index (κ2) is 8.87. The van der Waals surface area contributed by atoms with Crippen molar-refractivity contribution in [2.45, 2.75) is 20.1 Å². The molecule has 7 heteroatoms. The molecule has 26 heavy (non-hydrogen) atoms. The summed E-state index contributed by atoms with van der Waals surface area (Å²) in [4.78, 5) is 4.18. The van der Waals surface area contributed by atoms with E-state index in [4.69, 9.17) is 21.1 Å². The highest BCUT2D eigenvalue weighted by Gasteiger charge is 2.13. The lowest BCUT2D eigenvalue weighted by atomic mass is 10.2. The maximum atomic E-state index is 13.8. The van der Waals surface area contributed by atoms with Gasteiger partial charge in [0.1, 0.15) is 12.4 Å². The van der Waals surface area contributed by atoms with Crippen LogP contribution in [0.5, 0.6) is 11.5 Å². The molecule has 0 saturated heterocycles. The number of anilines is 1. The first kappa shape index (κ1) is 18.5. The zero-order valence-electron chi connectivity index (χ0n) is 14.2. The van der Waals surface area contributed by atoms with Crippen LogP contribution in [0.15, 0.2) is 48.0 Å². The van der Waals surface area contributed by atoms with E-state index in [9.17, 15) is 4.39 Å². The summed E-state index contributed by atoms with van der Waals surface area (Å²) in [6, 6.07) is 10.0. The predicted octanol–water partition coefficient (Wildman–Crippen LogP) is 5.53. The number of hydrogen-bond donors (Lipinski definition) is 1. The summed E-state index contributed by atoms with van der Waals surface area (Å²) in [6.07, 6.45) is 1.74. The molecule has 1 heterocycles. The molecule has 136 valence electrons. The van der Waals surface area contributed by atoms with Crippen LogP contribution in [0.2, 0.25) is 5.02 Å². The zero-order chi connectivity index (χ0) is 18.4. The summed E-state index contributed by atoms with van der Waals surface area (Å²) in [5, 5.41) is 6.47. The van der Waals surface area contributed by atoms with Crippen molar-refractivity contribution < 1.29 is 13.9 Å². The molecule has 4 nitrogen and oxygen atoms in total. The van der Waals surface area contributed by atoms with Crippen molar-refractivity contribution in [3.05, 3.63) is 69.9 Å². The fourth-order valence-corrected chi connectivity index (χ4v) is 3.09. The first-order valence-corrected chi connectivity index (χ1v) is 9.38. The molecule has 0 fully saturated rings. The van der Waals surface area contributed by atoms with E-state index in [1.54, 1.807) is 30.5 Å². The molecule has 0 aliphatic heterocycles. The standard InChI is InChI=1S/C19H18ClFN2O2S/c1-2-24-17-9-14(11-23-19-22-7-8-26-19)15(20)10-18(17)25-12-13-5-3-4-6-16(13)21/h3-10H,2,11-12H2,1H3,(H,22,23). The van der Waals surface area contributed by atoms with E-state index >= 15 is 0 Å². The van der Waals surface area contributed by atoms with Gasteiger partial charge in [0.05, 0.1) is 6.61 Å². The predicted molar refractivity (Wildman–Crippen MR) is 103 cm³/mol. The average molecular weight is 393 g/mol. The zero-order valence-corrected chi connectivity index (χ0v) is 15.7. The normalized spacial score (nSPS) is 10.6. The Kier molecular flexibility index (Phi) is 6.30. The van der Waals surface area contributed by atoms with Gasteiger partial charge < -0.3 is 14.8 Å². The van der Waals surface area contributed by atoms with Gasteiger partial charge in [0, 0.05) is 34.8 Å². The quantitative estimate of drug-likeness (QED) is 0.547. The number of hydrogen-bond acceptors (Lipinski definition) is 5. The van der Waals surface area contributed by atoms with E-state index in [2.05, 4.69) is 10.3 Å². The lowest BCUT2D eigenvalue weighted by molar-refractivity contribution is 0.265. The smallest absolute Gasteiger partial charge is 0.182 e. The fourth-order valence-electron chi connectivity index (χ4n) is 2.35. The number of halogens is 2. The maximum absolute atomic E-state index is 13.8. The lowest BCUT2D eigenvalue weighted by Crippen LogP contribution is -2.04. The Morgan fingerprint density at radius 3 is 2.69 bits per heavy atom. The number of ether oxygens (including phenoxy) is 2. The summed E-state index contributed by atoms with van der Waals surface area (Å²) >= 11 is 7.90. The Morgan fingerprint density at radius 1 is 1.15 bits per heavy atom. The number of thiazole rings is 1. The highest BCUT2D eigenvalue weighted by Crippen LogP contribution is 2.34. The third-order valence-corrected chi connectivity index (χ3v) is 4.70. The van der Waals surface area contributed by atoms with E-state index < -0.39 is 0 Å². The van der Waals surface area contributed by atoms with Crippen LogP contribution in [-0.4, -0.2) is 11.6 Å².